The molecule has 0 unspecified atom stereocenters. The van der Waals surface area contributed by atoms with Crippen molar-refractivity contribution in [1.82, 2.24) is 5.32 Å². The molecule has 1 aliphatic carbocycles. The number of benzene rings is 1. The lowest BCUT2D eigenvalue weighted by molar-refractivity contribution is 0.0695. The Bertz CT molecular complexity index is 436. The summed E-state index contributed by atoms with van der Waals surface area (Å²) >= 11 is 0. The Morgan fingerprint density at radius 2 is 2.00 bits per heavy atom. The number of carboxylic acids is 1. The lowest BCUT2D eigenvalue weighted by atomic mass is 9.83. The van der Waals surface area contributed by atoms with Crippen LogP contribution in [0.2, 0.25) is 0 Å². The maximum Gasteiger partial charge on any atom is 0.336 e. The fourth-order valence-electron chi connectivity index (χ4n) is 3.13. The van der Waals surface area contributed by atoms with E-state index >= 15 is 0 Å². The highest BCUT2D eigenvalue weighted by Crippen LogP contribution is 2.40. The maximum absolute atomic E-state index is 11.1. The van der Waals surface area contributed by atoms with Crippen LogP contribution in [0.4, 0.5) is 0 Å². The van der Waals surface area contributed by atoms with Gasteiger partial charge in [0.2, 0.25) is 0 Å². The van der Waals surface area contributed by atoms with Gasteiger partial charge in [0, 0.05) is 13.1 Å². The quantitative estimate of drug-likeness (QED) is 0.824. The SMILES string of the molecule is CCC1(CNCc2ccccc2C(=O)O)CCCC1. The molecule has 3 nitrogen and oxygen atoms in total. The molecule has 2 rings (SSSR count). The van der Waals surface area contributed by atoms with Gasteiger partial charge in [-0.3, -0.25) is 0 Å². The molecule has 0 bridgehead atoms. The van der Waals surface area contributed by atoms with E-state index in [-0.39, 0.29) is 0 Å². The van der Waals surface area contributed by atoms with Crippen molar-refractivity contribution in [3.63, 3.8) is 0 Å². The van der Waals surface area contributed by atoms with E-state index in [4.69, 9.17) is 5.11 Å². The molecule has 1 aromatic carbocycles. The van der Waals surface area contributed by atoms with Crippen LogP contribution in [-0.4, -0.2) is 17.6 Å². The minimum absolute atomic E-state index is 0.409. The van der Waals surface area contributed by atoms with E-state index in [1.54, 1.807) is 12.1 Å². The van der Waals surface area contributed by atoms with Gasteiger partial charge in [-0.15, -0.1) is 0 Å². The molecule has 0 spiro atoms. The molecule has 0 radical (unpaired) electrons. The second-order valence-corrected chi connectivity index (χ2v) is 5.63. The zero-order valence-corrected chi connectivity index (χ0v) is 11.6. The van der Waals surface area contributed by atoms with Gasteiger partial charge >= 0.3 is 5.97 Å². The van der Waals surface area contributed by atoms with E-state index in [9.17, 15) is 4.79 Å². The first-order chi connectivity index (χ1) is 9.17. The van der Waals surface area contributed by atoms with E-state index in [0.717, 1.165) is 12.1 Å². The zero-order valence-electron chi connectivity index (χ0n) is 11.6. The molecule has 1 saturated carbocycles. The topological polar surface area (TPSA) is 49.3 Å². The molecule has 1 fully saturated rings. The van der Waals surface area contributed by atoms with Crippen LogP contribution in [-0.2, 0) is 6.54 Å². The minimum Gasteiger partial charge on any atom is -0.478 e. The predicted octanol–water partition coefficient (Wildman–Crippen LogP) is 3.44. The molecule has 0 atom stereocenters. The molecule has 2 N–H and O–H groups in total. The molecular weight excluding hydrogens is 238 g/mol. The van der Waals surface area contributed by atoms with Gasteiger partial charge in [-0.05, 0) is 36.3 Å². The summed E-state index contributed by atoms with van der Waals surface area (Å²) in [5.41, 5.74) is 1.73. The van der Waals surface area contributed by atoms with E-state index in [0.29, 0.717) is 17.5 Å². The second-order valence-electron chi connectivity index (χ2n) is 5.63. The van der Waals surface area contributed by atoms with Crippen molar-refractivity contribution in [2.45, 2.75) is 45.6 Å². The third-order valence-electron chi connectivity index (χ3n) is 4.48. The summed E-state index contributed by atoms with van der Waals surface area (Å²) in [6.45, 7) is 3.90. The van der Waals surface area contributed by atoms with Gasteiger partial charge in [0.1, 0.15) is 0 Å². The Morgan fingerprint density at radius 1 is 1.32 bits per heavy atom. The fraction of sp³-hybridized carbons (Fsp3) is 0.562. The first kappa shape index (κ1) is 14.1. The minimum atomic E-state index is -0.844. The molecule has 0 heterocycles. The number of rotatable bonds is 6. The summed E-state index contributed by atoms with van der Waals surface area (Å²) < 4.78 is 0. The van der Waals surface area contributed by atoms with Crippen LogP contribution in [0.1, 0.15) is 54.9 Å². The van der Waals surface area contributed by atoms with E-state index in [1.807, 2.05) is 12.1 Å². The fourth-order valence-corrected chi connectivity index (χ4v) is 3.13. The van der Waals surface area contributed by atoms with Crippen molar-refractivity contribution < 1.29 is 9.90 Å². The van der Waals surface area contributed by atoms with Crippen LogP contribution in [0.15, 0.2) is 24.3 Å². The number of hydrogen-bond donors (Lipinski definition) is 2. The van der Waals surface area contributed by atoms with Crippen molar-refractivity contribution in [3.8, 4) is 0 Å². The van der Waals surface area contributed by atoms with Crippen LogP contribution in [0.5, 0.6) is 0 Å². The Hall–Kier alpha value is -1.35. The van der Waals surface area contributed by atoms with E-state index < -0.39 is 5.97 Å². The standard InChI is InChI=1S/C16H23NO2/c1-2-16(9-5-6-10-16)12-17-11-13-7-3-4-8-14(13)15(18)19/h3-4,7-8,17H,2,5-6,9-12H2,1H3,(H,18,19). The van der Waals surface area contributed by atoms with Crippen LogP contribution in [0.25, 0.3) is 0 Å². The average molecular weight is 261 g/mol. The Balaban J connectivity index is 1.94. The highest BCUT2D eigenvalue weighted by molar-refractivity contribution is 5.89. The lowest BCUT2D eigenvalue weighted by Crippen LogP contribution is -2.31. The number of nitrogens with one attached hydrogen (secondary N) is 1. The van der Waals surface area contributed by atoms with Gasteiger partial charge in [-0.2, -0.15) is 0 Å². The van der Waals surface area contributed by atoms with Gasteiger partial charge < -0.3 is 10.4 Å². The van der Waals surface area contributed by atoms with Gasteiger partial charge in [-0.25, -0.2) is 4.79 Å². The molecule has 0 amide bonds. The zero-order chi connectivity index (χ0) is 13.7. The van der Waals surface area contributed by atoms with E-state index in [1.165, 1.54) is 32.1 Å². The normalized spacial score (nSPS) is 17.5. The van der Waals surface area contributed by atoms with Gasteiger partial charge in [0.05, 0.1) is 5.56 Å². The van der Waals surface area contributed by atoms with Crippen molar-refractivity contribution in [2.24, 2.45) is 5.41 Å². The second kappa shape index (κ2) is 6.20. The third-order valence-corrected chi connectivity index (χ3v) is 4.48. The Kier molecular flexibility index (Phi) is 4.59. The van der Waals surface area contributed by atoms with Crippen LogP contribution in [0, 0.1) is 5.41 Å². The summed E-state index contributed by atoms with van der Waals surface area (Å²) in [6.07, 6.45) is 6.48. The van der Waals surface area contributed by atoms with Gasteiger partial charge in [-0.1, -0.05) is 38.0 Å². The Labute approximate surface area is 115 Å². The lowest BCUT2D eigenvalue weighted by Gasteiger charge is -2.28. The smallest absolute Gasteiger partial charge is 0.336 e. The summed E-state index contributed by atoms with van der Waals surface area (Å²) in [5, 5.41) is 12.6. The molecule has 0 saturated heterocycles. The summed E-state index contributed by atoms with van der Waals surface area (Å²) in [6, 6.07) is 7.24. The predicted molar refractivity (Wildman–Crippen MR) is 76.3 cm³/mol. The van der Waals surface area contributed by atoms with Crippen LogP contribution in [0.3, 0.4) is 0 Å². The number of carbonyl (C=O) groups is 1. The van der Waals surface area contributed by atoms with Gasteiger partial charge in [0.25, 0.3) is 0 Å². The molecule has 3 heteroatoms. The van der Waals surface area contributed by atoms with Crippen molar-refractivity contribution in [1.29, 1.82) is 0 Å². The number of aromatic carboxylic acids is 1. The van der Waals surface area contributed by atoms with Crippen LogP contribution >= 0.6 is 0 Å². The number of hydrogen-bond acceptors (Lipinski definition) is 2. The van der Waals surface area contributed by atoms with E-state index in [2.05, 4.69) is 12.2 Å². The highest BCUT2D eigenvalue weighted by Gasteiger charge is 2.31. The van der Waals surface area contributed by atoms with Crippen molar-refractivity contribution in [2.75, 3.05) is 6.54 Å². The van der Waals surface area contributed by atoms with Crippen LogP contribution < -0.4 is 5.32 Å². The average Bonchev–Trinajstić information content (AvgIpc) is 2.88. The largest absolute Gasteiger partial charge is 0.478 e. The summed E-state index contributed by atoms with van der Waals surface area (Å²) in [5.74, 6) is -0.844. The molecule has 104 valence electrons. The first-order valence-corrected chi connectivity index (χ1v) is 7.19. The van der Waals surface area contributed by atoms with Crippen molar-refractivity contribution >= 4 is 5.97 Å². The molecule has 1 aliphatic rings. The van der Waals surface area contributed by atoms with Gasteiger partial charge in [0.15, 0.2) is 0 Å². The third kappa shape index (κ3) is 3.35. The highest BCUT2D eigenvalue weighted by atomic mass is 16.4. The summed E-state index contributed by atoms with van der Waals surface area (Å²) in [7, 11) is 0. The maximum atomic E-state index is 11.1. The molecule has 0 aliphatic heterocycles. The van der Waals surface area contributed by atoms with Crippen molar-refractivity contribution in [3.05, 3.63) is 35.4 Å². The molecule has 0 aromatic heterocycles. The Morgan fingerprint density at radius 3 is 2.63 bits per heavy atom. The first-order valence-electron chi connectivity index (χ1n) is 7.19. The molecule has 19 heavy (non-hydrogen) atoms. The molecular formula is C16H23NO2. The molecule has 1 aromatic rings. The number of carboxylic acid groups (broad SMARTS) is 1. The summed E-state index contributed by atoms with van der Waals surface area (Å²) in [4.78, 5) is 11.1. The monoisotopic (exact) mass is 261 g/mol.